The second kappa shape index (κ2) is 9.03. The van der Waals surface area contributed by atoms with Gasteiger partial charge >= 0.3 is 0 Å². The van der Waals surface area contributed by atoms with Crippen LogP contribution in [0, 0.1) is 5.92 Å². The predicted octanol–water partition coefficient (Wildman–Crippen LogP) is 2.06. The van der Waals surface area contributed by atoms with Gasteiger partial charge in [0.15, 0.2) is 5.96 Å². The molecule has 1 saturated heterocycles. The number of carbonyl (C=O) groups excluding carboxylic acids is 1. The smallest absolute Gasteiger partial charge is 0.251 e. The van der Waals surface area contributed by atoms with Gasteiger partial charge in [0.2, 0.25) is 0 Å². The SMILES string of the molecule is CCNC(=NCc1cccc(C(=O)NCC2CCCO2)c1)NC1CC1C. The van der Waals surface area contributed by atoms with E-state index in [1.54, 1.807) is 0 Å². The molecule has 1 saturated carbocycles. The molecule has 1 aromatic rings. The molecule has 2 aliphatic rings. The molecule has 2 fully saturated rings. The van der Waals surface area contributed by atoms with Gasteiger partial charge in [0.05, 0.1) is 12.6 Å². The van der Waals surface area contributed by atoms with E-state index in [0.717, 1.165) is 43.4 Å². The van der Waals surface area contributed by atoms with Crippen LogP contribution >= 0.6 is 0 Å². The van der Waals surface area contributed by atoms with Gasteiger partial charge in [-0.25, -0.2) is 4.99 Å². The number of nitrogens with zero attached hydrogens (tertiary/aromatic N) is 1. The van der Waals surface area contributed by atoms with Crippen LogP contribution in [0.3, 0.4) is 0 Å². The zero-order valence-corrected chi connectivity index (χ0v) is 15.8. The summed E-state index contributed by atoms with van der Waals surface area (Å²) in [4.78, 5) is 17.0. The summed E-state index contributed by atoms with van der Waals surface area (Å²) in [6.07, 6.45) is 3.46. The number of aliphatic imine (C=N–C) groups is 1. The monoisotopic (exact) mass is 358 g/mol. The zero-order chi connectivity index (χ0) is 18.4. The van der Waals surface area contributed by atoms with Crippen molar-refractivity contribution in [2.75, 3.05) is 19.7 Å². The van der Waals surface area contributed by atoms with Crippen molar-refractivity contribution in [2.24, 2.45) is 10.9 Å². The minimum Gasteiger partial charge on any atom is -0.376 e. The van der Waals surface area contributed by atoms with Crippen molar-refractivity contribution in [3.63, 3.8) is 0 Å². The van der Waals surface area contributed by atoms with Gasteiger partial charge < -0.3 is 20.7 Å². The van der Waals surface area contributed by atoms with Gasteiger partial charge in [-0.3, -0.25) is 4.79 Å². The van der Waals surface area contributed by atoms with Crippen LogP contribution in [-0.4, -0.2) is 43.7 Å². The van der Waals surface area contributed by atoms with Gasteiger partial charge in [-0.1, -0.05) is 19.1 Å². The van der Waals surface area contributed by atoms with Gasteiger partial charge in [-0.15, -0.1) is 0 Å². The van der Waals surface area contributed by atoms with Gasteiger partial charge in [0, 0.05) is 31.3 Å². The first-order valence-corrected chi connectivity index (χ1v) is 9.69. The Morgan fingerprint density at radius 2 is 2.19 bits per heavy atom. The third-order valence-corrected chi connectivity index (χ3v) is 4.90. The Morgan fingerprint density at radius 1 is 1.35 bits per heavy atom. The second-order valence-corrected chi connectivity index (χ2v) is 7.20. The molecule has 0 radical (unpaired) electrons. The fourth-order valence-electron chi connectivity index (χ4n) is 3.11. The Balaban J connectivity index is 1.55. The Bertz CT molecular complexity index is 640. The molecule has 6 nitrogen and oxygen atoms in total. The van der Waals surface area contributed by atoms with E-state index >= 15 is 0 Å². The maximum atomic E-state index is 12.4. The van der Waals surface area contributed by atoms with Crippen LogP contribution in [0.1, 0.15) is 49.0 Å². The summed E-state index contributed by atoms with van der Waals surface area (Å²) < 4.78 is 5.55. The highest BCUT2D eigenvalue weighted by Crippen LogP contribution is 2.28. The summed E-state index contributed by atoms with van der Waals surface area (Å²) in [7, 11) is 0. The van der Waals surface area contributed by atoms with Crippen LogP contribution in [0.4, 0.5) is 0 Å². The molecule has 3 N–H and O–H groups in total. The van der Waals surface area contributed by atoms with Crippen molar-refractivity contribution in [2.45, 2.75) is 51.8 Å². The molecule has 0 spiro atoms. The minimum absolute atomic E-state index is 0.0526. The average Bonchev–Trinajstić information content (AvgIpc) is 3.11. The second-order valence-electron chi connectivity index (χ2n) is 7.20. The standard InChI is InChI=1S/C20H30N4O2/c1-3-21-20(24-18-10-14(18)2)23-12-15-6-4-7-16(11-15)19(25)22-13-17-8-5-9-26-17/h4,6-7,11,14,17-18H,3,5,8-10,12-13H2,1-2H3,(H,22,25)(H2,21,23,24). The van der Waals surface area contributed by atoms with Crippen molar-refractivity contribution in [3.8, 4) is 0 Å². The van der Waals surface area contributed by atoms with Crippen LogP contribution < -0.4 is 16.0 Å². The van der Waals surface area contributed by atoms with Crippen molar-refractivity contribution < 1.29 is 9.53 Å². The first-order chi connectivity index (χ1) is 12.7. The Morgan fingerprint density at radius 3 is 2.88 bits per heavy atom. The first-order valence-electron chi connectivity index (χ1n) is 9.69. The maximum Gasteiger partial charge on any atom is 0.251 e. The lowest BCUT2D eigenvalue weighted by atomic mass is 10.1. The van der Waals surface area contributed by atoms with E-state index in [1.165, 1.54) is 6.42 Å². The molecule has 3 atom stereocenters. The van der Waals surface area contributed by atoms with Crippen LogP contribution in [-0.2, 0) is 11.3 Å². The molecule has 1 aliphatic carbocycles. The molecule has 142 valence electrons. The predicted molar refractivity (Wildman–Crippen MR) is 103 cm³/mol. The topological polar surface area (TPSA) is 74.8 Å². The minimum atomic E-state index is -0.0526. The van der Waals surface area contributed by atoms with E-state index in [1.807, 2.05) is 24.3 Å². The van der Waals surface area contributed by atoms with E-state index in [9.17, 15) is 4.79 Å². The van der Waals surface area contributed by atoms with E-state index in [2.05, 4.69) is 34.8 Å². The molecule has 26 heavy (non-hydrogen) atoms. The van der Waals surface area contributed by atoms with E-state index in [0.29, 0.717) is 24.7 Å². The van der Waals surface area contributed by atoms with Gasteiger partial charge in [-0.2, -0.15) is 0 Å². The van der Waals surface area contributed by atoms with Crippen LogP contribution in [0.25, 0.3) is 0 Å². The van der Waals surface area contributed by atoms with E-state index in [4.69, 9.17) is 4.74 Å². The summed E-state index contributed by atoms with van der Waals surface area (Å²) in [6.45, 7) is 7.06. The normalized spacial score (nSPS) is 25.0. The highest BCUT2D eigenvalue weighted by molar-refractivity contribution is 5.94. The zero-order valence-electron chi connectivity index (χ0n) is 15.8. The molecule has 0 bridgehead atoms. The molecule has 6 heteroatoms. The van der Waals surface area contributed by atoms with E-state index in [-0.39, 0.29) is 12.0 Å². The molecular formula is C20H30N4O2. The number of ether oxygens (including phenoxy) is 1. The number of carbonyl (C=O) groups is 1. The van der Waals surface area contributed by atoms with Crippen LogP contribution in [0.5, 0.6) is 0 Å². The van der Waals surface area contributed by atoms with Gasteiger partial charge in [-0.05, 0) is 49.8 Å². The lowest BCUT2D eigenvalue weighted by Crippen LogP contribution is -2.39. The molecule has 1 amide bonds. The number of rotatable bonds is 7. The van der Waals surface area contributed by atoms with Crippen molar-refractivity contribution in [3.05, 3.63) is 35.4 Å². The number of amides is 1. The molecule has 1 aliphatic heterocycles. The van der Waals surface area contributed by atoms with Crippen LogP contribution in [0.2, 0.25) is 0 Å². The summed E-state index contributed by atoms with van der Waals surface area (Å²) in [6, 6.07) is 8.20. The number of hydrogen-bond acceptors (Lipinski definition) is 3. The lowest BCUT2D eigenvalue weighted by molar-refractivity contribution is 0.0857. The van der Waals surface area contributed by atoms with Crippen molar-refractivity contribution in [1.82, 2.24) is 16.0 Å². The summed E-state index contributed by atoms with van der Waals surface area (Å²) in [5.74, 6) is 1.51. The first kappa shape index (κ1) is 18.7. The molecule has 3 unspecified atom stereocenters. The quantitative estimate of drug-likeness (QED) is 0.515. The molecule has 0 aromatic heterocycles. The molecule has 1 heterocycles. The molecular weight excluding hydrogens is 328 g/mol. The van der Waals surface area contributed by atoms with Gasteiger partial charge in [0.25, 0.3) is 5.91 Å². The Labute approximate surface area is 155 Å². The summed E-state index contributed by atoms with van der Waals surface area (Å²) in [5, 5.41) is 9.69. The Hall–Kier alpha value is -2.08. The number of benzene rings is 1. The maximum absolute atomic E-state index is 12.4. The number of guanidine groups is 1. The third kappa shape index (κ3) is 5.46. The van der Waals surface area contributed by atoms with E-state index < -0.39 is 0 Å². The summed E-state index contributed by atoms with van der Waals surface area (Å²) in [5.41, 5.74) is 1.69. The molecule has 3 rings (SSSR count). The van der Waals surface area contributed by atoms with Crippen LogP contribution in [0.15, 0.2) is 29.3 Å². The Kier molecular flexibility index (Phi) is 6.50. The highest BCUT2D eigenvalue weighted by atomic mass is 16.5. The van der Waals surface area contributed by atoms with Crippen molar-refractivity contribution >= 4 is 11.9 Å². The van der Waals surface area contributed by atoms with Crippen molar-refractivity contribution in [1.29, 1.82) is 0 Å². The fourth-order valence-corrected chi connectivity index (χ4v) is 3.11. The summed E-state index contributed by atoms with van der Waals surface area (Å²) >= 11 is 0. The number of nitrogens with one attached hydrogen (secondary N) is 3. The highest BCUT2D eigenvalue weighted by Gasteiger charge is 2.33. The average molecular weight is 358 g/mol. The lowest BCUT2D eigenvalue weighted by Gasteiger charge is -2.12. The van der Waals surface area contributed by atoms with Gasteiger partial charge in [0.1, 0.15) is 0 Å². The number of hydrogen-bond donors (Lipinski definition) is 3. The largest absolute Gasteiger partial charge is 0.376 e. The molecule has 1 aromatic carbocycles. The third-order valence-electron chi connectivity index (χ3n) is 4.90. The fraction of sp³-hybridized carbons (Fsp3) is 0.600.